The van der Waals surface area contributed by atoms with Crippen LogP contribution < -0.4 is 5.73 Å². The molecule has 0 radical (unpaired) electrons. The Bertz CT molecular complexity index is 1400. The average molecular weight is 488 g/mol. The number of aryl methyl sites for hydroxylation is 2. The molecule has 0 spiro atoms. The standard InChI is InChI=1S/C26H25N5O5/c1-15-3-7-17(8-4-15)25(32)34-12-20-19(36-26(33)18-9-5-16(2)6-10-18)11-21(35-20)31-14-30-22-23(27)28-13-29-24(22)31/h3-10,13-14,19-21H,11-12H2,1-2H3,(H2,27,28,29)/t19-,20+,21-/m0/s1. The van der Waals surface area contributed by atoms with Gasteiger partial charge in [0.05, 0.1) is 17.5 Å². The minimum Gasteiger partial charge on any atom is -0.459 e. The predicted octanol–water partition coefficient (Wildman–Crippen LogP) is 3.40. The maximum atomic E-state index is 12.9. The van der Waals surface area contributed by atoms with Gasteiger partial charge >= 0.3 is 11.9 Å². The van der Waals surface area contributed by atoms with Crippen molar-refractivity contribution in [3.63, 3.8) is 0 Å². The van der Waals surface area contributed by atoms with E-state index in [-0.39, 0.29) is 12.4 Å². The lowest BCUT2D eigenvalue weighted by atomic mass is 10.1. The third kappa shape index (κ3) is 4.76. The minimum atomic E-state index is -0.699. The molecular weight excluding hydrogens is 462 g/mol. The fraction of sp³-hybridized carbons (Fsp3) is 0.269. The number of fused-ring (bicyclic) bond motifs is 1. The molecule has 1 aliphatic rings. The van der Waals surface area contributed by atoms with E-state index in [1.54, 1.807) is 35.2 Å². The number of nitrogen functional groups attached to an aromatic ring is 1. The van der Waals surface area contributed by atoms with Gasteiger partial charge in [-0.15, -0.1) is 0 Å². The molecule has 1 saturated heterocycles. The Morgan fingerprint density at radius 2 is 1.61 bits per heavy atom. The summed E-state index contributed by atoms with van der Waals surface area (Å²) in [6.07, 6.45) is 1.27. The zero-order chi connectivity index (χ0) is 25.2. The van der Waals surface area contributed by atoms with Crippen LogP contribution in [-0.4, -0.2) is 50.3 Å². The van der Waals surface area contributed by atoms with Crippen molar-refractivity contribution in [2.45, 2.75) is 38.7 Å². The second-order valence-electron chi connectivity index (χ2n) is 8.72. The Morgan fingerprint density at radius 1 is 0.972 bits per heavy atom. The molecule has 3 heterocycles. The maximum Gasteiger partial charge on any atom is 0.338 e. The fourth-order valence-electron chi connectivity index (χ4n) is 4.05. The zero-order valence-corrected chi connectivity index (χ0v) is 19.8. The maximum absolute atomic E-state index is 12.9. The van der Waals surface area contributed by atoms with Crippen molar-refractivity contribution in [2.24, 2.45) is 0 Å². The van der Waals surface area contributed by atoms with Gasteiger partial charge in [-0.25, -0.2) is 24.5 Å². The van der Waals surface area contributed by atoms with Gasteiger partial charge in [-0.05, 0) is 38.1 Å². The Hall–Kier alpha value is -4.31. The number of rotatable bonds is 6. The molecule has 4 aromatic rings. The molecule has 0 bridgehead atoms. The summed E-state index contributed by atoms with van der Waals surface area (Å²) in [4.78, 5) is 38.0. The molecule has 10 nitrogen and oxygen atoms in total. The molecule has 36 heavy (non-hydrogen) atoms. The number of carbonyl (C=O) groups is 2. The van der Waals surface area contributed by atoms with Gasteiger partial charge in [0.1, 0.15) is 36.9 Å². The first-order valence-electron chi connectivity index (χ1n) is 11.5. The molecule has 2 aromatic carbocycles. The van der Waals surface area contributed by atoms with E-state index in [1.165, 1.54) is 6.33 Å². The van der Waals surface area contributed by atoms with E-state index < -0.39 is 30.4 Å². The molecule has 1 fully saturated rings. The first-order chi connectivity index (χ1) is 17.4. The highest BCUT2D eigenvalue weighted by Crippen LogP contribution is 2.34. The van der Waals surface area contributed by atoms with E-state index in [0.29, 0.717) is 28.7 Å². The largest absolute Gasteiger partial charge is 0.459 e. The second-order valence-corrected chi connectivity index (χ2v) is 8.72. The van der Waals surface area contributed by atoms with Crippen molar-refractivity contribution in [3.8, 4) is 0 Å². The molecule has 5 rings (SSSR count). The van der Waals surface area contributed by atoms with E-state index in [0.717, 1.165) is 11.1 Å². The molecule has 0 unspecified atom stereocenters. The molecular formula is C26H25N5O5. The summed E-state index contributed by atoms with van der Waals surface area (Å²) in [5.41, 5.74) is 9.78. The van der Waals surface area contributed by atoms with E-state index in [9.17, 15) is 9.59 Å². The van der Waals surface area contributed by atoms with Crippen LogP contribution in [0.25, 0.3) is 11.2 Å². The van der Waals surface area contributed by atoms with Gasteiger partial charge in [0, 0.05) is 6.42 Å². The SMILES string of the molecule is Cc1ccc(C(=O)OC[C@H]2O[C@H](n3cnc4c(N)ncnc43)C[C@@H]2OC(=O)c2ccc(C)cc2)cc1. The minimum absolute atomic E-state index is 0.0984. The number of hydrogen-bond acceptors (Lipinski definition) is 9. The van der Waals surface area contributed by atoms with Crippen LogP contribution in [0.15, 0.2) is 61.2 Å². The molecule has 2 aromatic heterocycles. The molecule has 1 aliphatic heterocycles. The van der Waals surface area contributed by atoms with Gasteiger partial charge in [-0.2, -0.15) is 0 Å². The summed E-state index contributed by atoms with van der Waals surface area (Å²) < 4.78 is 19.3. The lowest BCUT2D eigenvalue weighted by molar-refractivity contribution is -0.0563. The lowest BCUT2D eigenvalue weighted by Gasteiger charge is -2.19. The number of benzene rings is 2. The quantitative estimate of drug-likeness (QED) is 0.406. The van der Waals surface area contributed by atoms with Crippen molar-refractivity contribution < 1.29 is 23.8 Å². The topological polar surface area (TPSA) is 131 Å². The number of aromatic nitrogens is 4. The number of carbonyl (C=O) groups excluding carboxylic acids is 2. The summed E-state index contributed by atoms with van der Waals surface area (Å²) >= 11 is 0. The first-order valence-corrected chi connectivity index (χ1v) is 11.5. The summed E-state index contributed by atoms with van der Waals surface area (Å²) in [5, 5.41) is 0. The van der Waals surface area contributed by atoms with Gasteiger partial charge in [0.25, 0.3) is 0 Å². The number of anilines is 1. The number of esters is 2. The average Bonchev–Trinajstić information content (AvgIpc) is 3.48. The van der Waals surface area contributed by atoms with E-state index in [4.69, 9.17) is 19.9 Å². The number of nitrogens with zero attached hydrogens (tertiary/aromatic N) is 4. The summed E-state index contributed by atoms with van der Waals surface area (Å²) in [7, 11) is 0. The number of ether oxygens (including phenoxy) is 3. The van der Waals surface area contributed by atoms with E-state index in [2.05, 4.69) is 15.0 Å². The zero-order valence-electron chi connectivity index (χ0n) is 19.8. The van der Waals surface area contributed by atoms with Gasteiger partial charge in [-0.3, -0.25) is 4.57 Å². The van der Waals surface area contributed by atoms with Crippen molar-refractivity contribution >= 4 is 28.9 Å². The van der Waals surface area contributed by atoms with Crippen LogP contribution in [0.5, 0.6) is 0 Å². The highest BCUT2D eigenvalue weighted by molar-refractivity contribution is 5.90. The van der Waals surface area contributed by atoms with Crippen molar-refractivity contribution in [2.75, 3.05) is 12.3 Å². The van der Waals surface area contributed by atoms with Crippen LogP contribution in [0.4, 0.5) is 5.82 Å². The van der Waals surface area contributed by atoms with Crippen LogP contribution in [-0.2, 0) is 14.2 Å². The smallest absolute Gasteiger partial charge is 0.338 e. The van der Waals surface area contributed by atoms with Crippen molar-refractivity contribution in [1.82, 2.24) is 19.5 Å². The van der Waals surface area contributed by atoms with Crippen LogP contribution in [0.1, 0.15) is 44.5 Å². The Balaban J connectivity index is 1.36. The predicted molar refractivity (Wildman–Crippen MR) is 130 cm³/mol. The molecule has 0 aliphatic carbocycles. The molecule has 184 valence electrons. The number of imidazole rings is 1. The molecule has 2 N–H and O–H groups in total. The highest BCUT2D eigenvalue weighted by atomic mass is 16.6. The molecule has 0 saturated carbocycles. The van der Waals surface area contributed by atoms with E-state index in [1.807, 2.05) is 38.1 Å². The fourth-order valence-corrected chi connectivity index (χ4v) is 4.05. The van der Waals surface area contributed by atoms with Gasteiger partial charge in [0.15, 0.2) is 11.5 Å². The summed E-state index contributed by atoms with van der Waals surface area (Å²) in [5.74, 6) is -0.719. The summed E-state index contributed by atoms with van der Waals surface area (Å²) in [6, 6.07) is 14.2. The van der Waals surface area contributed by atoms with Crippen LogP contribution in [0.2, 0.25) is 0 Å². The molecule has 10 heteroatoms. The highest BCUT2D eigenvalue weighted by Gasteiger charge is 2.40. The normalized spacial score (nSPS) is 19.3. The number of nitrogens with two attached hydrogens (primary N) is 1. The first kappa shape index (κ1) is 23.4. The van der Waals surface area contributed by atoms with Gasteiger partial charge < -0.3 is 19.9 Å². The monoisotopic (exact) mass is 487 g/mol. The van der Waals surface area contributed by atoms with Gasteiger partial charge in [-0.1, -0.05) is 35.4 Å². The van der Waals surface area contributed by atoms with Crippen LogP contribution >= 0.6 is 0 Å². The number of hydrogen-bond donors (Lipinski definition) is 1. The second kappa shape index (κ2) is 9.74. The van der Waals surface area contributed by atoms with Crippen molar-refractivity contribution in [3.05, 3.63) is 83.4 Å². The van der Waals surface area contributed by atoms with Crippen LogP contribution in [0.3, 0.4) is 0 Å². The van der Waals surface area contributed by atoms with Gasteiger partial charge in [0.2, 0.25) is 0 Å². The Kier molecular flexibility index (Phi) is 6.34. The summed E-state index contributed by atoms with van der Waals surface area (Å²) in [6.45, 7) is 3.78. The Labute approximate surface area is 207 Å². The van der Waals surface area contributed by atoms with Crippen molar-refractivity contribution in [1.29, 1.82) is 0 Å². The van der Waals surface area contributed by atoms with E-state index >= 15 is 0 Å². The van der Waals surface area contributed by atoms with Crippen LogP contribution in [0, 0.1) is 13.8 Å². The third-order valence-electron chi connectivity index (χ3n) is 6.09. The lowest BCUT2D eigenvalue weighted by Crippen LogP contribution is -2.32. The Morgan fingerprint density at radius 3 is 2.28 bits per heavy atom. The third-order valence-corrected chi connectivity index (χ3v) is 6.09. The molecule has 0 amide bonds. The molecule has 3 atom stereocenters.